The summed E-state index contributed by atoms with van der Waals surface area (Å²) in [6, 6.07) is 7.84. The minimum absolute atomic E-state index is 0.161. The summed E-state index contributed by atoms with van der Waals surface area (Å²) < 4.78 is 6.74. The van der Waals surface area contributed by atoms with Gasteiger partial charge in [-0.05, 0) is 42.5 Å². The van der Waals surface area contributed by atoms with Crippen LogP contribution >= 0.6 is 0 Å². The Kier molecular flexibility index (Phi) is 4.24. The number of rotatable bonds is 3. The minimum Gasteiger partial charge on any atom is -0.465 e. The van der Waals surface area contributed by atoms with Crippen molar-refractivity contribution in [2.45, 2.75) is 24.8 Å². The third kappa shape index (κ3) is 2.90. The first-order valence-corrected chi connectivity index (χ1v) is 7.58. The predicted molar refractivity (Wildman–Crippen MR) is 83.7 cm³/mol. The molecule has 1 aliphatic heterocycles. The highest BCUT2D eigenvalue weighted by Gasteiger charge is 2.27. The van der Waals surface area contributed by atoms with Crippen LogP contribution in [0.2, 0.25) is 0 Å². The van der Waals surface area contributed by atoms with Crippen molar-refractivity contribution in [3.05, 3.63) is 53.3 Å². The molecule has 0 radical (unpaired) electrons. The number of carbonyl (C=O) groups excluding carboxylic acids is 1. The summed E-state index contributed by atoms with van der Waals surface area (Å²) in [6.07, 6.45) is 6.07. The first-order valence-electron chi connectivity index (χ1n) is 7.58. The third-order valence-electron chi connectivity index (χ3n) is 4.34. The third-order valence-corrected chi connectivity index (χ3v) is 4.34. The molecule has 1 aliphatic rings. The lowest BCUT2D eigenvalue weighted by Crippen LogP contribution is -2.32. The van der Waals surface area contributed by atoms with Gasteiger partial charge in [-0.2, -0.15) is 5.10 Å². The van der Waals surface area contributed by atoms with Gasteiger partial charge >= 0.3 is 5.97 Å². The maximum absolute atomic E-state index is 12.0. The fraction of sp³-hybridized carbons (Fsp3) is 0.412. The van der Waals surface area contributed by atoms with Gasteiger partial charge in [-0.3, -0.25) is 4.68 Å². The van der Waals surface area contributed by atoms with E-state index in [0.717, 1.165) is 24.9 Å². The Labute approximate surface area is 130 Å². The van der Waals surface area contributed by atoms with E-state index in [4.69, 9.17) is 4.74 Å². The van der Waals surface area contributed by atoms with Crippen molar-refractivity contribution in [3.8, 4) is 0 Å². The van der Waals surface area contributed by atoms with Crippen LogP contribution in [0.3, 0.4) is 0 Å². The van der Waals surface area contributed by atoms with Crippen LogP contribution in [0.25, 0.3) is 0 Å². The molecule has 1 aromatic heterocycles. The van der Waals surface area contributed by atoms with Crippen molar-refractivity contribution in [1.82, 2.24) is 15.1 Å². The number of esters is 1. The summed E-state index contributed by atoms with van der Waals surface area (Å²) in [5.41, 5.74) is 2.93. The molecular weight excluding hydrogens is 278 g/mol. The van der Waals surface area contributed by atoms with Gasteiger partial charge in [-0.15, -0.1) is 0 Å². The summed E-state index contributed by atoms with van der Waals surface area (Å²) >= 11 is 0. The number of hydrogen-bond donors (Lipinski definition) is 1. The lowest BCUT2D eigenvalue weighted by Gasteiger charge is -2.31. The zero-order valence-electron chi connectivity index (χ0n) is 13.0. The van der Waals surface area contributed by atoms with Crippen LogP contribution in [0.4, 0.5) is 0 Å². The van der Waals surface area contributed by atoms with Gasteiger partial charge in [-0.1, -0.05) is 18.2 Å². The number of carbonyl (C=O) groups is 1. The van der Waals surface area contributed by atoms with Crippen molar-refractivity contribution in [3.63, 3.8) is 0 Å². The monoisotopic (exact) mass is 299 g/mol. The molecule has 2 atom stereocenters. The molecule has 5 heteroatoms. The predicted octanol–water partition coefficient (Wildman–Crippen LogP) is 2.42. The second-order valence-electron chi connectivity index (χ2n) is 5.75. The number of benzene rings is 1. The van der Waals surface area contributed by atoms with E-state index in [0.29, 0.717) is 11.5 Å². The number of piperidine rings is 1. The van der Waals surface area contributed by atoms with E-state index in [2.05, 4.69) is 16.6 Å². The number of aryl methyl sites for hydroxylation is 1. The first kappa shape index (κ1) is 14.8. The maximum atomic E-state index is 12.0. The highest BCUT2D eigenvalue weighted by atomic mass is 16.5. The Bertz CT molecular complexity index is 665. The van der Waals surface area contributed by atoms with Crippen LogP contribution in [-0.4, -0.2) is 29.4 Å². The molecule has 2 heterocycles. The van der Waals surface area contributed by atoms with Gasteiger partial charge in [0.1, 0.15) is 0 Å². The molecule has 5 nitrogen and oxygen atoms in total. The Balaban J connectivity index is 1.85. The number of aromatic nitrogens is 2. The van der Waals surface area contributed by atoms with Crippen molar-refractivity contribution in [1.29, 1.82) is 0 Å². The molecule has 3 rings (SSSR count). The topological polar surface area (TPSA) is 56.1 Å². The van der Waals surface area contributed by atoms with Crippen LogP contribution in [0, 0.1) is 0 Å². The van der Waals surface area contributed by atoms with Gasteiger partial charge in [-0.25, -0.2) is 4.79 Å². The average Bonchev–Trinajstić information content (AvgIpc) is 3.01. The number of nitrogens with one attached hydrogen (secondary N) is 1. The fourth-order valence-electron chi connectivity index (χ4n) is 3.20. The summed E-state index contributed by atoms with van der Waals surface area (Å²) in [7, 11) is 3.36. The Morgan fingerprint density at radius 1 is 1.41 bits per heavy atom. The largest absolute Gasteiger partial charge is 0.465 e. The van der Waals surface area contributed by atoms with Crippen molar-refractivity contribution >= 4 is 5.97 Å². The van der Waals surface area contributed by atoms with Crippen LogP contribution < -0.4 is 5.32 Å². The van der Waals surface area contributed by atoms with E-state index in [9.17, 15) is 4.79 Å². The molecule has 0 bridgehead atoms. The summed E-state index contributed by atoms with van der Waals surface area (Å²) in [5, 5.41) is 7.80. The van der Waals surface area contributed by atoms with Crippen LogP contribution in [-0.2, 0) is 11.8 Å². The molecule has 1 N–H and O–H groups in total. The molecule has 1 aromatic carbocycles. The minimum atomic E-state index is -0.277. The van der Waals surface area contributed by atoms with Gasteiger partial charge in [0.2, 0.25) is 0 Å². The van der Waals surface area contributed by atoms with E-state index in [-0.39, 0.29) is 12.0 Å². The quantitative estimate of drug-likeness (QED) is 0.884. The Morgan fingerprint density at radius 2 is 2.23 bits per heavy atom. The van der Waals surface area contributed by atoms with Crippen LogP contribution in [0.15, 0.2) is 36.7 Å². The molecule has 0 spiro atoms. The van der Waals surface area contributed by atoms with Gasteiger partial charge < -0.3 is 10.1 Å². The summed E-state index contributed by atoms with van der Waals surface area (Å²) in [5.74, 6) is 0.187. The molecule has 1 saturated heterocycles. The van der Waals surface area contributed by atoms with Gasteiger partial charge in [0.25, 0.3) is 0 Å². The fourth-order valence-corrected chi connectivity index (χ4v) is 3.20. The van der Waals surface area contributed by atoms with Gasteiger partial charge in [0, 0.05) is 19.3 Å². The zero-order chi connectivity index (χ0) is 15.5. The summed E-state index contributed by atoms with van der Waals surface area (Å²) in [6.45, 7) is 0.930. The van der Waals surface area contributed by atoms with Crippen molar-refractivity contribution in [2.75, 3.05) is 13.7 Å². The maximum Gasteiger partial charge on any atom is 0.338 e. The summed E-state index contributed by atoms with van der Waals surface area (Å²) in [4.78, 5) is 12.0. The van der Waals surface area contributed by atoms with Crippen LogP contribution in [0.5, 0.6) is 0 Å². The van der Waals surface area contributed by atoms with Gasteiger partial charge in [0.15, 0.2) is 0 Å². The van der Waals surface area contributed by atoms with Crippen molar-refractivity contribution < 1.29 is 9.53 Å². The first-order chi connectivity index (χ1) is 10.7. The number of ether oxygens (including phenoxy) is 1. The standard InChI is InChI=1S/C17H21N3O2/c1-20-11-13(10-19-20)12-7-8-18-16(9-12)14-5-3-4-6-15(14)17(21)22-2/h3-6,10-12,16,18H,7-9H2,1-2H3/t12?,16-/m0/s1. The number of hydrogen-bond acceptors (Lipinski definition) is 4. The van der Waals surface area contributed by atoms with Gasteiger partial charge in [0.05, 0.1) is 18.9 Å². The molecule has 0 aliphatic carbocycles. The lowest BCUT2D eigenvalue weighted by atomic mass is 9.84. The molecule has 0 saturated carbocycles. The zero-order valence-corrected chi connectivity index (χ0v) is 13.0. The molecule has 0 amide bonds. The van der Waals surface area contributed by atoms with Crippen molar-refractivity contribution in [2.24, 2.45) is 7.05 Å². The average molecular weight is 299 g/mol. The normalized spacial score (nSPS) is 21.5. The van der Waals surface area contributed by atoms with E-state index in [1.54, 1.807) is 0 Å². The number of nitrogens with zero attached hydrogens (tertiary/aromatic N) is 2. The van der Waals surface area contributed by atoms with E-state index >= 15 is 0 Å². The smallest absolute Gasteiger partial charge is 0.338 e. The molecule has 1 fully saturated rings. The molecule has 2 aromatic rings. The molecule has 22 heavy (non-hydrogen) atoms. The van der Waals surface area contributed by atoms with E-state index in [1.165, 1.54) is 12.7 Å². The van der Waals surface area contributed by atoms with E-state index < -0.39 is 0 Å². The number of methoxy groups -OCH3 is 1. The highest BCUT2D eigenvalue weighted by molar-refractivity contribution is 5.91. The van der Waals surface area contributed by atoms with Crippen LogP contribution in [0.1, 0.15) is 46.3 Å². The SMILES string of the molecule is COC(=O)c1ccccc1[C@@H]1CC(c2cnn(C)c2)CCN1. The Morgan fingerprint density at radius 3 is 2.95 bits per heavy atom. The lowest BCUT2D eigenvalue weighted by molar-refractivity contribution is 0.0598. The highest BCUT2D eigenvalue weighted by Crippen LogP contribution is 2.35. The molecule has 1 unspecified atom stereocenters. The molecular formula is C17H21N3O2. The second kappa shape index (κ2) is 6.32. The Hall–Kier alpha value is -2.14. The van der Waals surface area contributed by atoms with E-state index in [1.807, 2.05) is 42.2 Å². The molecule has 116 valence electrons. The second-order valence-corrected chi connectivity index (χ2v) is 5.75.